The molecule has 3 heteroatoms. The summed E-state index contributed by atoms with van der Waals surface area (Å²) in [6, 6.07) is 19.2. The molecule has 3 rings (SSSR count). The molecule has 0 saturated carbocycles. The summed E-state index contributed by atoms with van der Waals surface area (Å²) in [6.45, 7) is -0.586. The van der Waals surface area contributed by atoms with Crippen LogP contribution in [0.5, 0.6) is 0 Å². The third-order valence-corrected chi connectivity index (χ3v) is 3.41. The van der Waals surface area contributed by atoms with Gasteiger partial charge in [0.25, 0.3) is 0 Å². The van der Waals surface area contributed by atoms with E-state index in [1.165, 1.54) is 0 Å². The zero-order chi connectivity index (χ0) is 13.1. The van der Waals surface area contributed by atoms with Gasteiger partial charge < -0.3 is 4.84 Å². The monoisotopic (exact) mass is 255 g/mol. The van der Waals surface area contributed by atoms with Crippen LogP contribution in [0.25, 0.3) is 0 Å². The summed E-state index contributed by atoms with van der Waals surface area (Å²) in [4.78, 5) is 5.46. The average molecular weight is 255 g/mol. The summed E-state index contributed by atoms with van der Waals surface area (Å²) in [5, 5.41) is 4.08. The van der Waals surface area contributed by atoms with Gasteiger partial charge >= 0.3 is 0 Å². The van der Waals surface area contributed by atoms with Gasteiger partial charge in [0.05, 0.1) is 5.71 Å². The maximum absolute atomic E-state index is 13.5. The number of rotatable bonds is 3. The molecule has 96 valence electrons. The van der Waals surface area contributed by atoms with Gasteiger partial charge in [-0.2, -0.15) is 0 Å². The van der Waals surface area contributed by atoms with Crippen molar-refractivity contribution in [3.05, 3.63) is 71.8 Å². The number of hydrogen-bond donors (Lipinski definition) is 0. The second-order valence-corrected chi connectivity index (χ2v) is 4.67. The van der Waals surface area contributed by atoms with Crippen molar-refractivity contribution in [2.45, 2.75) is 12.0 Å². The number of halogens is 1. The molecule has 0 saturated heterocycles. The largest absolute Gasteiger partial charge is 0.381 e. The maximum Gasteiger partial charge on any atom is 0.196 e. The van der Waals surface area contributed by atoms with Gasteiger partial charge in [-0.1, -0.05) is 65.8 Å². The molecule has 2 nitrogen and oxygen atoms in total. The molecule has 0 bridgehead atoms. The van der Waals surface area contributed by atoms with E-state index < -0.39 is 12.3 Å². The van der Waals surface area contributed by atoms with Crippen LogP contribution in [0.4, 0.5) is 4.39 Å². The van der Waals surface area contributed by atoms with Gasteiger partial charge in [-0.15, -0.1) is 0 Å². The van der Waals surface area contributed by atoms with Crippen LogP contribution in [-0.2, 0) is 10.4 Å². The Balaban J connectivity index is 1.90. The molecule has 0 amide bonds. The lowest BCUT2D eigenvalue weighted by Gasteiger charge is -2.23. The third kappa shape index (κ3) is 2.12. The third-order valence-electron chi connectivity index (χ3n) is 3.41. The predicted molar refractivity (Wildman–Crippen MR) is 72.8 cm³/mol. The quantitative estimate of drug-likeness (QED) is 0.820. The maximum atomic E-state index is 13.5. The fourth-order valence-corrected chi connectivity index (χ4v) is 2.31. The number of hydrogen-bond acceptors (Lipinski definition) is 2. The zero-order valence-corrected chi connectivity index (χ0v) is 10.4. The Kier molecular flexibility index (Phi) is 3.03. The number of alkyl halides is 1. The highest BCUT2D eigenvalue weighted by molar-refractivity contribution is 6.01. The minimum Gasteiger partial charge on any atom is -0.381 e. The second-order valence-electron chi connectivity index (χ2n) is 4.67. The lowest BCUT2D eigenvalue weighted by atomic mass is 9.88. The van der Waals surface area contributed by atoms with E-state index in [-0.39, 0.29) is 0 Å². The van der Waals surface area contributed by atoms with Crippen LogP contribution < -0.4 is 0 Å². The first-order valence-electron chi connectivity index (χ1n) is 6.26. The summed E-state index contributed by atoms with van der Waals surface area (Å²) in [5.74, 6) is 0. The molecule has 19 heavy (non-hydrogen) atoms. The van der Waals surface area contributed by atoms with Gasteiger partial charge in [-0.3, -0.25) is 0 Å². The van der Waals surface area contributed by atoms with Gasteiger partial charge in [-0.25, -0.2) is 4.39 Å². The molecular weight excluding hydrogens is 241 g/mol. The Morgan fingerprint density at radius 2 is 1.63 bits per heavy atom. The van der Waals surface area contributed by atoms with Crippen molar-refractivity contribution in [3.8, 4) is 0 Å². The fraction of sp³-hybridized carbons (Fsp3) is 0.188. The van der Waals surface area contributed by atoms with Gasteiger partial charge in [-0.05, 0) is 5.56 Å². The highest BCUT2D eigenvalue weighted by atomic mass is 19.1. The van der Waals surface area contributed by atoms with Gasteiger partial charge in [0, 0.05) is 12.0 Å². The van der Waals surface area contributed by atoms with E-state index >= 15 is 0 Å². The molecule has 0 fully saturated rings. The number of oxime groups is 1. The van der Waals surface area contributed by atoms with Gasteiger partial charge in [0.15, 0.2) is 5.60 Å². The zero-order valence-electron chi connectivity index (χ0n) is 10.4. The Morgan fingerprint density at radius 3 is 2.26 bits per heavy atom. The Morgan fingerprint density at radius 1 is 1.00 bits per heavy atom. The molecule has 0 radical (unpaired) electrons. The fourth-order valence-electron chi connectivity index (χ4n) is 2.31. The van der Waals surface area contributed by atoms with Crippen molar-refractivity contribution in [1.82, 2.24) is 0 Å². The second kappa shape index (κ2) is 4.84. The molecule has 1 aliphatic heterocycles. The van der Waals surface area contributed by atoms with E-state index in [0.29, 0.717) is 6.42 Å². The molecule has 2 aromatic carbocycles. The molecule has 0 spiro atoms. The van der Waals surface area contributed by atoms with E-state index in [0.717, 1.165) is 16.8 Å². The molecule has 2 aromatic rings. The molecule has 0 aromatic heterocycles. The van der Waals surface area contributed by atoms with E-state index in [1.807, 2.05) is 60.7 Å². The Hall–Kier alpha value is -2.16. The summed E-state index contributed by atoms with van der Waals surface area (Å²) >= 11 is 0. The van der Waals surface area contributed by atoms with Crippen LogP contribution in [0.3, 0.4) is 0 Å². The van der Waals surface area contributed by atoms with Crippen molar-refractivity contribution in [3.63, 3.8) is 0 Å². The molecule has 0 aliphatic carbocycles. The van der Waals surface area contributed by atoms with Crippen LogP contribution in [-0.4, -0.2) is 12.4 Å². The number of benzene rings is 2. The lowest BCUT2D eigenvalue weighted by Crippen LogP contribution is -2.28. The topological polar surface area (TPSA) is 21.6 Å². The molecule has 1 atom stereocenters. The van der Waals surface area contributed by atoms with Crippen molar-refractivity contribution in [1.29, 1.82) is 0 Å². The van der Waals surface area contributed by atoms with E-state index in [9.17, 15) is 4.39 Å². The van der Waals surface area contributed by atoms with E-state index in [2.05, 4.69) is 5.16 Å². The van der Waals surface area contributed by atoms with E-state index in [1.54, 1.807) is 0 Å². The molecule has 0 unspecified atom stereocenters. The highest BCUT2D eigenvalue weighted by Crippen LogP contribution is 2.36. The molecule has 0 N–H and O–H groups in total. The minimum atomic E-state index is -0.966. The van der Waals surface area contributed by atoms with Crippen molar-refractivity contribution in [2.24, 2.45) is 5.16 Å². The highest BCUT2D eigenvalue weighted by Gasteiger charge is 2.41. The molecule has 1 aliphatic rings. The average Bonchev–Trinajstić information content (AvgIpc) is 2.95. The first-order chi connectivity index (χ1) is 9.34. The van der Waals surface area contributed by atoms with Gasteiger partial charge in [0.2, 0.25) is 0 Å². The molecular formula is C16H14FNO. The normalized spacial score (nSPS) is 21.8. The Labute approximate surface area is 111 Å². The van der Waals surface area contributed by atoms with Crippen molar-refractivity contribution >= 4 is 5.71 Å². The Bertz CT molecular complexity index is 582. The van der Waals surface area contributed by atoms with Crippen LogP contribution >= 0.6 is 0 Å². The summed E-state index contributed by atoms with van der Waals surface area (Å²) < 4.78 is 13.5. The van der Waals surface area contributed by atoms with Crippen LogP contribution in [0, 0.1) is 0 Å². The lowest BCUT2D eigenvalue weighted by molar-refractivity contribution is -0.0407. The van der Waals surface area contributed by atoms with Crippen LogP contribution in [0.15, 0.2) is 65.8 Å². The predicted octanol–water partition coefficient (Wildman–Crippen LogP) is 3.68. The van der Waals surface area contributed by atoms with E-state index in [4.69, 9.17) is 4.84 Å². The SMILES string of the molecule is FC[C@@]1(c2ccccc2)CC(c2ccccc2)=NO1. The summed E-state index contributed by atoms with van der Waals surface area (Å²) in [6.07, 6.45) is 0.456. The number of nitrogens with zero attached hydrogens (tertiary/aromatic N) is 1. The first kappa shape index (κ1) is 11.9. The van der Waals surface area contributed by atoms with Crippen LogP contribution in [0.1, 0.15) is 17.5 Å². The van der Waals surface area contributed by atoms with Crippen molar-refractivity contribution in [2.75, 3.05) is 6.67 Å². The smallest absolute Gasteiger partial charge is 0.196 e. The first-order valence-corrected chi connectivity index (χ1v) is 6.26. The van der Waals surface area contributed by atoms with Crippen LogP contribution in [0.2, 0.25) is 0 Å². The van der Waals surface area contributed by atoms with Gasteiger partial charge in [0.1, 0.15) is 6.67 Å². The summed E-state index contributed by atoms with van der Waals surface area (Å²) in [7, 11) is 0. The van der Waals surface area contributed by atoms with Crippen molar-refractivity contribution < 1.29 is 9.23 Å². The molecule has 1 heterocycles. The minimum absolute atomic E-state index is 0.456. The summed E-state index contributed by atoms with van der Waals surface area (Å²) in [5.41, 5.74) is 1.63. The standard InChI is InChI=1S/C16H14FNO/c17-12-16(14-9-5-2-6-10-14)11-15(18-19-16)13-7-3-1-4-8-13/h1-10H,11-12H2/t16-/m1/s1.